The Hall–Kier alpha value is -1.82. The first-order valence-electron chi connectivity index (χ1n) is 7.40. The van der Waals surface area contributed by atoms with E-state index in [0.717, 1.165) is 22.2 Å². The third kappa shape index (κ3) is 2.45. The van der Waals surface area contributed by atoms with Crippen LogP contribution in [0.5, 0.6) is 0 Å². The van der Waals surface area contributed by atoms with Gasteiger partial charge in [0.25, 0.3) is 0 Å². The van der Waals surface area contributed by atoms with E-state index in [0.29, 0.717) is 29.4 Å². The van der Waals surface area contributed by atoms with E-state index in [1.165, 1.54) is 0 Å². The lowest BCUT2D eigenvalue weighted by Crippen LogP contribution is -2.35. The second-order valence-electron chi connectivity index (χ2n) is 5.67. The Morgan fingerprint density at radius 1 is 1.09 bits per heavy atom. The maximum absolute atomic E-state index is 12.8. The molecule has 0 fully saturated rings. The van der Waals surface area contributed by atoms with Crippen molar-refractivity contribution in [2.45, 2.75) is 17.9 Å². The maximum atomic E-state index is 12.8. The lowest BCUT2D eigenvalue weighted by molar-refractivity contribution is 0.391. The van der Waals surface area contributed by atoms with Gasteiger partial charge in [0.2, 0.25) is 10.0 Å². The van der Waals surface area contributed by atoms with Crippen LogP contribution < -0.4 is 0 Å². The van der Waals surface area contributed by atoms with Gasteiger partial charge in [0.1, 0.15) is 0 Å². The van der Waals surface area contributed by atoms with E-state index in [4.69, 9.17) is 11.6 Å². The highest BCUT2D eigenvalue weighted by atomic mass is 35.5. The molecule has 0 aliphatic carbocycles. The van der Waals surface area contributed by atoms with Crippen LogP contribution >= 0.6 is 11.6 Å². The SMILES string of the molecule is O=S(=O)(c1ccccc1)N1CCc2[nH]c3cc(Cl)ccc3c2C1. The average molecular weight is 347 g/mol. The summed E-state index contributed by atoms with van der Waals surface area (Å²) in [5.74, 6) is 0. The van der Waals surface area contributed by atoms with E-state index < -0.39 is 10.0 Å². The van der Waals surface area contributed by atoms with Crippen LogP contribution in [0.1, 0.15) is 11.3 Å². The summed E-state index contributed by atoms with van der Waals surface area (Å²) in [6.45, 7) is 0.860. The normalized spacial score (nSPS) is 15.7. The molecule has 3 aromatic rings. The smallest absolute Gasteiger partial charge is 0.243 e. The molecule has 0 bridgehead atoms. The van der Waals surface area contributed by atoms with Gasteiger partial charge >= 0.3 is 0 Å². The molecule has 0 spiro atoms. The molecule has 1 aliphatic heterocycles. The van der Waals surface area contributed by atoms with Crippen LogP contribution in [0.4, 0.5) is 0 Å². The second kappa shape index (κ2) is 5.37. The van der Waals surface area contributed by atoms with E-state index in [-0.39, 0.29) is 0 Å². The van der Waals surface area contributed by atoms with Crippen LogP contribution in [0, 0.1) is 0 Å². The highest BCUT2D eigenvalue weighted by molar-refractivity contribution is 7.89. The molecule has 1 N–H and O–H groups in total. The van der Waals surface area contributed by atoms with Gasteiger partial charge in [-0.3, -0.25) is 0 Å². The molecule has 2 heterocycles. The van der Waals surface area contributed by atoms with Gasteiger partial charge in [-0.15, -0.1) is 0 Å². The molecule has 0 atom stereocenters. The van der Waals surface area contributed by atoms with Gasteiger partial charge in [0, 0.05) is 41.1 Å². The number of benzene rings is 2. The zero-order valence-electron chi connectivity index (χ0n) is 12.3. The van der Waals surface area contributed by atoms with Crippen LogP contribution in [0.3, 0.4) is 0 Å². The van der Waals surface area contributed by atoms with E-state index >= 15 is 0 Å². The van der Waals surface area contributed by atoms with Crippen LogP contribution in [-0.4, -0.2) is 24.3 Å². The molecule has 1 aromatic heterocycles. The van der Waals surface area contributed by atoms with E-state index in [1.54, 1.807) is 28.6 Å². The number of aromatic nitrogens is 1. The summed E-state index contributed by atoms with van der Waals surface area (Å²) >= 11 is 6.04. The van der Waals surface area contributed by atoms with Gasteiger partial charge in [-0.25, -0.2) is 8.42 Å². The third-order valence-electron chi connectivity index (χ3n) is 4.28. The van der Waals surface area contributed by atoms with Crippen LogP contribution in [0.15, 0.2) is 53.4 Å². The lowest BCUT2D eigenvalue weighted by Gasteiger charge is -2.26. The fraction of sp³-hybridized carbons (Fsp3) is 0.176. The first-order valence-corrected chi connectivity index (χ1v) is 9.22. The summed E-state index contributed by atoms with van der Waals surface area (Å²) in [5.41, 5.74) is 3.10. The number of halogens is 1. The van der Waals surface area contributed by atoms with Crippen molar-refractivity contribution in [1.29, 1.82) is 0 Å². The Bertz CT molecular complexity index is 981. The zero-order chi connectivity index (χ0) is 16.0. The maximum Gasteiger partial charge on any atom is 0.243 e. The Labute approximate surface area is 139 Å². The summed E-state index contributed by atoms with van der Waals surface area (Å²) in [4.78, 5) is 3.70. The van der Waals surface area contributed by atoms with E-state index in [2.05, 4.69) is 4.98 Å². The number of hydrogen-bond acceptors (Lipinski definition) is 2. The Balaban J connectivity index is 1.75. The summed E-state index contributed by atoms with van der Waals surface area (Å²) in [6.07, 6.45) is 0.674. The van der Waals surface area contributed by atoms with Crippen molar-refractivity contribution < 1.29 is 8.42 Å². The number of nitrogens with zero attached hydrogens (tertiary/aromatic N) is 1. The quantitative estimate of drug-likeness (QED) is 0.771. The first-order chi connectivity index (χ1) is 11.1. The molecular formula is C17H15ClN2O2S. The van der Waals surface area contributed by atoms with E-state index in [9.17, 15) is 8.42 Å². The average Bonchev–Trinajstić information content (AvgIpc) is 2.92. The molecule has 0 unspecified atom stereocenters. The second-order valence-corrected chi connectivity index (χ2v) is 8.05. The van der Waals surface area contributed by atoms with Gasteiger partial charge in [-0.1, -0.05) is 35.9 Å². The van der Waals surface area contributed by atoms with Crippen molar-refractivity contribution in [3.63, 3.8) is 0 Å². The van der Waals surface area contributed by atoms with Crippen molar-refractivity contribution in [3.8, 4) is 0 Å². The third-order valence-corrected chi connectivity index (χ3v) is 6.38. The van der Waals surface area contributed by atoms with Crippen LogP contribution in [0.2, 0.25) is 5.02 Å². The van der Waals surface area contributed by atoms with Gasteiger partial charge in [-0.05, 0) is 29.8 Å². The number of H-pyrrole nitrogens is 1. The number of hydrogen-bond donors (Lipinski definition) is 1. The van der Waals surface area contributed by atoms with Gasteiger partial charge in [0.05, 0.1) is 4.90 Å². The number of nitrogens with one attached hydrogen (secondary N) is 1. The molecule has 1 aliphatic rings. The van der Waals surface area contributed by atoms with Gasteiger partial charge in [0.15, 0.2) is 0 Å². The highest BCUT2D eigenvalue weighted by Gasteiger charge is 2.30. The minimum absolute atomic E-state index is 0.339. The molecule has 6 heteroatoms. The van der Waals surface area contributed by atoms with Crippen molar-refractivity contribution >= 4 is 32.5 Å². The number of sulfonamides is 1. The van der Waals surface area contributed by atoms with E-state index in [1.807, 2.05) is 24.3 Å². The fourth-order valence-electron chi connectivity index (χ4n) is 3.12. The standard InChI is InChI=1S/C17H15ClN2O2S/c18-12-6-7-14-15-11-20(9-8-16(15)19-17(14)10-12)23(21,22)13-4-2-1-3-5-13/h1-7,10,19H,8-9,11H2. The van der Waals surface area contributed by atoms with Gasteiger partial charge in [-0.2, -0.15) is 4.31 Å². The topological polar surface area (TPSA) is 53.2 Å². The molecule has 0 saturated carbocycles. The summed E-state index contributed by atoms with van der Waals surface area (Å²) in [6, 6.07) is 14.3. The number of fused-ring (bicyclic) bond motifs is 3. The molecule has 4 nitrogen and oxygen atoms in total. The highest BCUT2D eigenvalue weighted by Crippen LogP contribution is 2.31. The van der Waals surface area contributed by atoms with Crippen molar-refractivity contribution in [2.24, 2.45) is 0 Å². The predicted octanol–water partition coefficient (Wildman–Crippen LogP) is 3.57. The molecular weight excluding hydrogens is 332 g/mol. The minimum atomic E-state index is -3.47. The summed E-state index contributed by atoms with van der Waals surface area (Å²) in [5, 5.41) is 1.71. The molecule has 0 saturated heterocycles. The molecule has 118 valence electrons. The number of rotatable bonds is 2. The molecule has 0 amide bonds. The summed E-state index contributed by atoms with van der Waals surface area (Å²) < 4.78 is 27.2. The zero-order valence-corrected chi connectivity index (χ0v) is 13.9. The molecule has 23 heavy (non-hydrogen) atoms. The molecule has 4 rings (SSSR count). The van der Waals surface area contributed by atoms with Crippen molar-refractivity contribution in [2.75, 3.05) is 6.54 Å². The fourth-order valence-corrected chi connectivity index (χ4v) is 4.72. The minimum Gasteiger partial charge on any atom is -0.358 e. The first kappa shape index (κ1) is 14.8. The Kier molecular flexibility index (Phi) is 3.44. The van der Waals surface area contributed by atoms with Gasteiger partial charge < -0.3 is 4.98 Å². The molecule has 0 radical (unpaired) electrons. The lowest BCUT2D eigenvalue weighted by atomic mass is 10.1. The van der Waals surface area contributed by atoms with Crippen molar-refractivity contribution in [3.05, 3.63) is 64.8 Å². The Morgan fingerprint density at radius 3 is 2.65 bits per heavy atom. The predicted molar refractivity (Wildman–Crippen MR) is 91.1 cm³/mol. The largest absolute Gasteiger partial charge is 0.358 e. The Morgan fingerprint density at radius 2 is 1.87 bits per heavy atom. The monoisotopic (exact) mass is 346 g/mol. The molecule has 2 aromatic carbocycles. The van der Waals surface area contributed by atoms with Crippen molar-refractivity contribution in [1.82, 2.24) is 9.29 Å². The number of aromatic amines is 1. The van der Waals surface area contributed by atoms with Crippen LogP contribution in [0.25, 0.3) is 10.9 Å². The summed E-state index contributed by atoms with van der Waals surface area (Å²) in [7, 11) is -3.47. The van der Waals surface area contributed by atoms with Crippen LogP contribution in [-0.2, 0) is 23.0 Å².